The molecule has 0 bridgehead atoms. The summed E-state index contributed by atoms with van der Waals surface area (Å²) in [5.74, 6) is -2.99. The molecular weight excluding hydrogens is 406 g/mol. The van der Waals surface area contributed by atoms with E-state index in [4.69, 9.17) is 21.1 Å². The number of carbonyl (C=O) groups is 3. The van der Waals surface area contributed by atoms with Crippen LogP contribution in [-0.2, 0) is 23.9 Å². The molecule has 0 amide bonds. The minimum Gasteiger partial charge on any atom is -0.469 e. The fraction of sp³-hybridized carbons (Fsp3) is 0.476. The number of hydrogen-bond donors (Lipinski definition) is 0. The van der Waals surface area contributed by atoms with Gasteiger partial charge in [0.15, 0.2) is 17.4 Å². The molecule has 8 heteroatoms. The van der Waals surface area contributed by atoms with E-state index < -0.39 is 33.5 Å². The lowest BCUT2D eigenvalue weighted by atomic mass is 8.92. The van der Waals surface area contributed by atoms with Gasteiger partial charge in [-0.3, -0.25) is 9.59 Å². The zero-order chi connectivity index (χ0) is 20.6. The molecule has 6 saturated carbocycles. The smallest absolute Gasteiger partial charge is 0.341 e. The first-order valence-corrected chi connectivity index (χ1v) is 9.75. The molecule has 6 fully saturated rings. The number of halogens is 3. The van der Waals surface area contributed by atoms with E-state index in [1.807, 2.05) is 0 Å². The van der Waals surface area contributed by atoms with Gasteiger partial charge in [0.1, 0.15) is 5.57 Å². The Balaban J connectivity index is 1.35. The van der Waals surface area contributed by atoms with Gasteiger partial charge in [-0.25, -0.2) is 13.6 Å². The summed E-state index contributed by atoms with van der Waals surface area (Å²) in [6.45, 7) is 0. The first-order chi connectivity index (χ1) is 13.8. The molecule has 0 atom stereocenters. The second kappa shape index (κ2) is 4.89. The maximum Gasteiger partial charge on any atom is 0.341 e. The number of ketones is 1. The summed E-state index contributed by atoms with van der Waals surface area (Å²) in [7, 11) is 2.54. The van der Waals surface area contributed by atoms with Crippen molar-refractivity contribution in [3.63, 3.8) is 0 Å². The van der Waals surface area contributed by atoms with Crippen molar-refractivity contribution in [3.05, 3.63) is 39.9 Å². The van der Waals surface area contributed by atoms with Crippen molar-refractivity contribution in [2.45, 2.75) is 0 Å². The van der Waals surface area contributed by atoms with Crippen molar-refractivity contribution in [1.29, 1.82) is 0 Å². The van der Waals surface area contributed by atoms with Gasteiger partial charge in [0.05, 0.1) is 24.7 Å². The molecule has 150 valence electrons. The summed E-state index contributed by atoms with van der Waals surface area (Å²) in [5, 5.41) is -0.502. The first kappa shape index (κ1) is 17.6. The van der Waals surface area contributed by atoms with Crippen LogP contribution in [-0.4, -0.2) is 31.9 Å². The molecule has 7 rings (SSSR count). The van der Waals surface area contributed by atoms with E-state index in [-0.39, 0.29) is 58.4 Å². The van der Waals surface area contributed by atoms with Crippen molar-refractivity contribution >= 4 is 35.4 Å². The molecule has 0 saturated heterocycles. The zero-order valence-corrected chi connectivity index (χ0v) is 16.1. The first-order valence-electron chi connectivity index (χ1n) is 9.37. The van der Waals surface area contributed by atoms with Crippen molar-refractivity contribution in [1.82, 2.24) is 0 Å². The predicted octanol–water partition coefficient (Wildman–Crippen LogP) is 2.65. The summed E-state index contributed by atoms with van der Waals surface area (Å²) < 4.78 is 36.9. The molecule has 0 N–H and O–H groups in total. The third-order valence-electron chi connectivity index (χ3n) is 8.58. The number of carbonyl (C=O) groups excluding carboxylic acids is 3. The summed E-state index contributed by atoms with van der Waals surface area (Å²) in [6, 6.07) is 2.10. The van der Waals surface area contributed by atoms with Crippen LogP contribution in [0.3, 0.4) is 0 Å². The van der Waals surface area contributed by atoms with Crippen LogP contribution in [0.25, 0.3) is 6.08 Å². The molecule has 1 aromatic rings. The van der Waals surface area contributed by atoms with E-state index >= 15 is 0 Å². The average Bonchev–Trinajstić information content (AvgIpc) is 2.75. The highest BCUT2D eigenvalue weighted by Crippen LogP contribution is 3.10. The SMILES string of the molecule is COC(=O)/C(=C\c1ccc(F)c(F)c1Cl)C(=O)C12C3C4C1C1C2C3C41C(=O)OC. The molecule has 0 radical (unpaired) electrons. The largest absolute Gasteiger partial charge is 0.469 e. The predicted molar refractivity (Wildman–Crippen MR) is 94.2 cm³/mol. The number of hydrogen-bond acceptors (Lipinski definition) is 5. The highest BCUT2D eigenvalue weighted by molar-refractivity contribution is 6.33. The molecule has 0 spiro atoms. The molecule has 6 aliphatic carbocycles. The molecular formula is C21H15ClF2O5. The Bertz CT molecular complexity index is 1040. The highest BCUT2D eigenvalue weighted by atomic mass is 35.5. The van der Waals surface area contributed by atoms with Crippen LogP contribution in [0.15, 0.2) is 17.7 Å². The molecule has 5 nitrogen and oxygen atoms in total. The molecule has 6 aliphatic rings. The lowest BCUT2D eigenvalue weighted by Gasteiger charge is -3.09. The van der Waals surface area contributed by atoms with Crippen LogP contribution in [0.2, 0.25) is 5.02 Å². The van der Waals surface area contributed by atoms with Crippen molar-refractivity contribution in [2.75, 3.05) is 14.2 Å². The molecule has 0 heterocycles. The fourth-order valence-corrected chi connectivity index (χ4v) is 8.14. The van der Waals surface area contributed by atoms with Gasteiger partial charge in [-0.15, -0.1) is 0 Å². The van der Waals surface area contributed by atoms with E-state index in [2.05, 4.69) is 0 Å². The monoisotopic (exact) mass is 420 g/mol. The maximum atomic E-state index is 13.8. The topological polar surface area (TPSA) is 69.7 Å². The van der Waals surface area contributed by atoms with Gasteiger partial charge < -0.3 is 9.47 Å². The number of rotatable bonds is 5. The lowest BCUT2D eigenvalue weighted by Crippen LogP contribution is -3.12. The van der Waals surface area contributed by atoms with Crippen LogP contribution >= 0.6 is 11.6 Å². The number of Topliss-reactive ketones (excluding diaryl/α,β-unsaturated/α-hetero) is 1. The second-order valence-corrected chi connectivity index (χ2v) is 9.03. The Morgan fingerprint density at radius 3 is 2.03 bits per heavy atom. The minimum absolute atomic E-state index is 0.0299. The second-order valence-electron chi connectivity index (χ2n) is 8.66. The summed E-state index contributed by atoms with van der Waals surface area (Å²) in [6.07, 6.45) is 1.18. The van der Waals surface area contributed by atoms with E-state index in [1.54, 1.807) is 0 Å². The summed E-state index contributed by atoms with van der Waals surface area (Å²) >= 11 is 5.87. The van der Waals surface area contributed by atoms with Crippen LogP contribution in [0.4, 0.5) is 8.78 Å². The molecule has 0 aliphatic heterocycles. The Morgan fingerprint density at radius 1 is 0.966 bits per heavy atom. The number of methoxy groups -OCH3 is 2. The average molecular weight is 421 g/mol. The summed E-state index contributed by atoms with van der Waals surface area (Å²) in [5.41, 5.74) is -1.21. The van der Waals surface area contributed by atoms with E-state index in [0.717, 1.165) is 13.2 Å². The fourth-order valence-electron chi connectivity index (χ4n) is 7.93. The van der Waals surface area contributed by atoms with Crippen LogP contribution < -0.4 is 0 Å². The van der Waals surface area contributed by atoms with Gasteiger partial charge in [0.2, 0.25) is 0 Å². The quantitative estimate of drug-likeness (QED) is 0.241. The molecule has 0 unspecified atom stereocenters. The Labute approximate surface area is 169 Å². The summed E-state index contributed by atoms with van der Waals surface area (Å²) in [4.78, 5) is 38.0. The Hall–Kier alpha value is -2.28. The normalized spacial score (nSPS) is 43.6. The standard InChI is InChI=1S/C21H15ClF2O5/c1-28-18(26)7(5-6-3-4-8(23)16(24)15(6)22)17(25)20-9-12-10(20)14-11(20)13(9)21(12,14)19(27)29-2/h3-5,9-14H,1-2H3/b7-5-. The third-order valence-corrected chi connectivity index (χ3v) is 8.96. The van der Waals surface area contributed by atoms with Crippen LogP contribution in [0.5, 0.6) is 0 Å². The van der Waals surface area contributed by atoms with E-state index in [9.17, 15) is 23.2 Å². The van der Waals surface area contributed by atoms with Crippen molar-refractivity contribution in [3.8, 4) is 0 Å². The van der Waals surface area contributed by atoms with Crippen LogP contribution in [0, 0.1) is 58.0 Å². The van der Waals surface area contributed by atoms with Crippen LogP contribution in [0.1, 0.15) is 5.56 Å². The minimum atomic E-state index is -1.24. The maximum absolute atomic E-state index is 13.8. The Kier molecular flexibility index (Phi) is 2.96. The molecule has 0 aromatic heterocycles. The molecule has 1 aromatic carbocycles. The van der Waals surface area contributed by atoms with Crippen molar-refractivity contribution < 1.29 is 32.6 Å². The number of benzene rings is 1. The van der Waals surface area contributed by atoms with Crippen molar-refractivity contribution in [2.24, 2.45) is 46.3 Å². The highest BCUT2D eigenvalue weighted by Gasteiger charge is 3.13. The van der Waals surface area contributed by atoms with Gasteiger partial charge in [0, 0.05) is 5.41 Å². The molecule has 29 heavy (non-hydrogen) atoms. The van der Waals surface area contributed by atoms with Gasteiger partial charge in [-0.2, -0.15) is 0 Å². The van der Waals surface area contributed by atoms with E-state index in [0.29, 0.717) is 0 Å². The van der Waals surface area contributed by atoms with E-state index in [1.165, 1.54) is 19.3 Å². The third kappa shape index (κ3) is 1.37. The van der Waals surface area contributed by atoms with Gasteiger partial charge in [-0.1, -0.05) is 17.7 Å². The van der Waals surface area contributed by atoms with Gasteiger partial charge >= 0.3 is 11.9 Å². The zero-order valence-electron chi connectivity index (χ0n) is 15.4. The lowest BCUT2D eigenvalue weighted by molar-refractivity contribution is -0.625. The Morgan fingerprint density at radius 2 is 1.52 bits per heavy atom. The van der Waals surface area contributed by atoms with Gasteiger partial charge in [-0.05, 0) is 53.2 Å². The van der Waals surface area contributed by atoms with Gasteiger partial charge in [0.25, 0.3) is 0 Å². The number of ether oxygens (including phenoxy) is 2. The number of esters is 2.